The zero-order chi connectivity index (χ0) is 9.14. The predicted molar refractivity (Wildman–Crippen MR) is 43.7 cm³/mol. The van der Waals surface area contributed by atoms with Crippen molar-refractivity contribution in [1.82, 2.24) is 0 Å². The first kappa shape index (κ1) is 12.6. The molecule has 0 saturated carbocycles. The maximum atomic E-state index is 11.3. The van der Waals surface area contributed by atoms with E-state index in [9.17, 15) is 5.11 Å². The second kappa shape index (κ2) is 5.37. The SMILES string of the molecule is COc1cc(C)cc(OC)c1[O-].[Na+]. The van der Waals surface area contributed by atoms with E-state index in [2.05, 4.69) is 0 Å². The summed E-state index contributed by atoms with van der Waals surface area (Å²) in [6.45, 7) is 1.88. The first-order valence-electron chi connectivity index (χ1n) is 3.58. The molecule has 4 heteroatoms. The van der Waals surface area contributed by atoms with Crippen molar-refractivity contribution in [2.75, 3.05) is 14.2 Å². The van der Waals surface area contributed by atoms with Crippen molar-refractivity contribution in [1.29, 1.82) is 0 Å². The van der Waals surface area contributed by atoms with Crippen molar-refractivity contribution in [3.8, 4) is 17.2 Å². The van der Waals surface area contributed by atoms with Crippen LogP contribution >= 0.6 is 0 Å². The maximum Gasteiger partial charge on any atom is 1.00 e. The third kappa shape index (κ3) is 2.79. The zero-order valence-electron chi connectivity index (χ0n) is 8.38. The Morgan fingerprint density at radius 3 is 1.77 bits per heavy atom. The van der Waals surface area contributed by atoms with Gasteiger partial charge in [-0.05, 0) is 30.4 Å². The van der Waals surface area contributed by atoms with Gasteiger partial charge in [-0.2, -0.15) is 0 Å². The van der Waals surface area contributed by atoms with Crippen LogP contribution in [0.1, 0.15) is 5.56 Å². The molecule has 0 aromatic heterocycles. The van der Waals surface area contributed by atoms with Gasteiger partial charge >= 0.3 is 29.6 Å². The van der Waals surface area contributed by atoms with Crippen LogP contribution < -0.4 is 44.1 Å². The molecule has 0 saturated heterocycles. The van der Waals surface area contributed by atoms with E-state index in [1.807, 2.05) is 6.92 Å². The van der Waals surface area contributed by atoms with Crippen LogP contribution in [0.15, 0.2) is 12.1 Å². The molecular weight excluding hydrogens is 179 g/mol. The Labute approximate surface area is 100.0 Å². The van der Waals surface area contributed by atoms with Crippen molar-refractivity contribution in [2.45, 2.75) is 6.92 Å². The van der Waals surface area contributed by atoms with E-state index in [1.165, 1.54) is 14.2 Å². The summed E-state index contributed by atoms with van der Waals surface area (Å²) in [7, 11) is 2.94. The van der Waals surface area contributed by atoms with Gasteiger partial charge in [-0.1, -0.05) is 0 Å². The normalized spacial score (nSPS) is 8.85. The van der Waals surface area contributed by atoms with Gasteiger partial charge in [0.15, 0.2) is 0 Å². The molecule has 0 spiro atoms. The molecule has 0 aliphatic carbocycles. The fourth-order valence-electron chi connectivity index (χ4n) is 1.01. The van der Waals surface area contributed by atoms with E-state index in [0.717, 1.165) is 5.56 Å². The Morgan fingerprint density at radius 1 is 1.08 bits per heavy atom. The first-order valence-corrected chi connectivity index (χ1v) is 3.58. The van der Waals surface area contributed by atoms with Crippen molar-refractivity contribution in [2.24, 2.45) is 0 Å². The number of rotatable bonds is 2. The van der Waals surface area contributed by atoms with Gasteiger partial charge in [0.05, 0.1) is 14.2 Å². The van der Waals surface area contributed by atoms with Crippen LogP contribution in [0.5, 0.6) is 17.2 Å². The molecule has 0 amide bonds. The molecule has 0 fully saturated rings. The van der Waals surface area contributed by atoms with Crippen molar-refractivity contribution in [3.63, 3.8) is 0 Å². The fraction of sp³-hybridized carbons (Fsp3) is 0.333. The molecule has 0 atom stereocenters. The second-order valence-electron chi connectivity index (χ2n) is 2.50. The van der Waals surface area contributed by atoms with Crippen LogP contribution in [0.4, 0.5) is 0 Å². The van der Waals surface area contributed by atoms with Crippen LogP contribution in [0, 0.1) is 6.92 Å². The molecule has 3 nitrogen and oxygen atoms in total. The molecule has 0 bridgehead atoms. The van der Waals surface area contributed by atoms with Crippen molar-refractivity contribution < 1.29 is 44.1 Å². The van der Waals surface area contributed by atoms with E-state index >= 15 is 0 Å². The molecular formula is C9H11NaO3. The minimum atomic E-state index is -0.203. The predicted octanol–water partition coefficient (Wildman–Crippen LogP) is -1.91. The summed E-state index contributed by atoms with van der Waals surface area (Å²) < 4.78 is 9.75. The summed E-state index contributed by atoms with van der Waals surface area (Å²) in [5, 5.41) is 11.3. The molecule has 0 aliphatic rings. The summed E-state index contributed by atoms with van der Waals surface area (Å²) in [6, 6.07) is 3.37. The summed E-state index contributed by atoms with van der Waals surface area (Å²) in [4.78, 5) is 0. The Bertz CT molecular complexity index is 261. The molecule has 0 heterocycles. The van der Waals surface area contributed by atoms with Crippen LogP contribution in [0.3, 0.4) is 0 Å². The Balaban J connectivity index is 0.00000144. The van der Waals surface area contributed by atoms with Gasteiger partial charge < -0.3 is 14.6 Å². The van der Waals surface area contributed by atoms with Crippen molar-refractivity contribution >= 4 is 0 Å². The number of aryl methyl sites for hydroxylation is 1. The third-order valence-electron chi connectivity index (χ3n) is 1.60. The molecule has 0 unspecified atom stereocenters. The average molecular weight is 190 g/mol. The Morgan fingerprint density at radius 2 is 1.46 bits per heavy atom. The Kier molecular flexibility index (Phi) is 5.21. The van der Waals surface area contributed by atoms with E-state index in [4.69, 9.17) is 9.47 Å². The minimum Gasteiger partial charge on any atom is -0.867 e. The molecule has 0 N–H and O–H groups in total. The summed E-state index contributed by atoms with van der Waals surface area (Å²) in [5.74, 6) is 0.448. The van der Waals surface area contributed by atoms with E-state index < -0.39 is 0 Å². The van der Waals surface area contributed by atoms with Gasteiger partial charge in [-0.3, -0.25) is 0 Å². The zero-order valence-corrected chi connectivity index (χ0v) is 10.4. The average Bonchev–Trinajstić information content (AvgIpc) is 2.08. The topological polar surface area (TPSA) is 41.5 Å². The van der Waals surface area contributed by atoms with Gasteiger partial charge in [0.2, 0.25) is 0 Å². The molecule has 0 radical (unpaired) electrons. The second-order valence-corrected chi connectivity index (χ2v) is 2.50. The standard InChI is InChI=1S/C9H12O3.Na/c1-6-4-7(11-2)9(10)8(5-6)12-3;/h4-5,10H,1-3H3;/q;+1/p-1. The van der Waals surface area contributed by atoms with Crippen LogP contribution in [0.2, 0.25) is 0 Å². The van der Waals surface area contributed by atoms with Crippen LogP contribution in [-0.2, 0) is 0 Å². The smallest absolute Gasteiger partial charge is 0.867 e. The third-order valence-corrected chi connectivity index (χ3v) is 1.60. The van der Waals surface area contributed by atoms with Crippen LogP contribution in [0.25, 0.3) is 0 Å². The number of hydrogen-bond acceptors (Lipinski definition) is 3. The largest absolute Gasteiger partial charge is 1.00 e. The van der Waals surface area contributed by atoms with Crippen molar-refractivity contribution in [3.05, 3.63) is 17.7 Å². The maximum absolute atomic E-state index is 11.3. The summed E-state index contributed by atoms with van der Waals surface area (Å²) >= 11 is 0. The van der Waals surface area contributed by atoms with Gasteiger partial charge in [0, 0.05) is 0 Å². The summed E-state index contributed by atoms with van der Waals surface area (Å²) in [5.41, 5.74) is 0.948. The molecule has 66 valence electrons. The molecule has 1 aromatic rings. The van der Waals surface area contributed by atoms with Gasteiger partial charge in [-0.15, -0.1) is 0 Å². The van der Waals surface area contributed by atoms with Crippen LogP contribution in [-0.4, -0.2) is 14.2 Å². The van der Waals surface area contributed by atoms with E-state index in [0.29, 0.717) is 11.5 Å². The molecule has 1 rings (SSSR count). The first-order chi connectivity index (χ1) is 5.69. The number of methoxy groups -OCH3 is 2. The van der Waals surface area contributed by atoms with E-state index in [-0.39, 0.29) is 35.3 Å². The molecule has 13 heavy (non-hydrogen) atoms. The quantitative estimate of drug-likeness (QED) is 0.511. The molecule has 1 aromatic carbocycles. The Hall–Kier alpha value is -0.380. The number of hydrogen-bond donors (Lipinski definition) is 0. The van der Waals surface area contributed by atoms with E-state index in [1.54, 1.807) is 12.1 Å². The summed E-state index contributed by atoms with van der Waals surface area (Å²) in [6.07, 6.45) is 0. The monoisotopic (exact) mass is 190 g/mol. The molecule has 0 aliphatic heterocycles. The van der Waals surface area contributed by atoms with Gasteiger partial charge in [-0.25, -0.2) is 0 Å². The fourth-order valence-corrected chi connectivity index (χ4v) is 1.01. The minimum absolute atomic E-state index is 0. The van der Waals surface area contributed by atoms with Gasteiger partial charge in [0.1, 0.15) is 11.5 Å². The number of ether oxygens (including phenoxy) is 2. The number of benzene rings is 1. The van der Waals surface area contributed by atoms with Gasteiger partial charge in [0.25, 0.3) is 0 Å².